The number of carbonyl (C=O) groups excluding carboxylic acids is 1. The standard InChI is InChI=1S/C7H10O5/c1-3(2-8)6-4(9)5(10)7(11)12-6/h3,6,8-10H,2H2,1H3/t3-,6-/m1/s1. The molecular weight excluding hydrogens is 164 g/mol. The lowest BCUT2D eigenvalue weighted by Gasteiger charge is -2.14. The summed E-state index contributed by atoms with van der Waals surface area (Å²) in [5, 5.41) is 26.6. The van der Waals surface area contributed by atoms with E-state index >= 15 is 0 Å². The molecular formula is C7H10O5. The summed E-state index contributed by atoms with van der Waals surface area (Å²) in [5.41, 5.74) is 0. The van der Waals surface area contributed by atoms with Gasteiger partial charge in [0.2, 0.25) is 5.76 Å². The Morgan fingerprint density at radius 1 is 1.58 bits per heavy atom. The van der Waals surface area contributed by atoms with Crippen molar-refractivity contribution >= 4 is 5.97 Å². The first-order chi connectivity index (χ1) is 5.57. The van der Waals surface area contributed by atoms with Gasteiger partial charge in [0, 0.05) is 12.5 Å². The molecule has 0 radical (unpaired) electrons. The van der Waals surface area contributed by atoms with Crippen LogP contribution in [0.5, 0.6) is 0 Å². The summed E-state index contributed by atoms with van der Waals surface area (Å²) in [7, 11) is 0. The number of carbonyl (C=O) groups is 1. The Morgan fingerprint density at radius 3 is 2.50 bits per heavy atom. The Balaban J connectivity index is 2.80. The number of aliphatic hydroxyl groups is 3. The maximum atomic E-state index is 10.6. The molecule has 5 heteroatoms. The van der Waals surface area contributed by atoms with E-state index in [9.17, 15) is 4.79 Å². The molecule has 5 nitrogen and oxygen atoms in total. The van der Waals surface area contributed by atoms with E-state index in [1.54, 1.807) is 6.92 Å². The van der Waals surface area contributed by atoms with Crippen molar-refractivity contribution in [1.29, 1.82) is 0 Å². The second kappa shape index (κ2) is 3.02. The lowest BCUT2D eigenvalue weighted by atomic mass is 10.1. The van der Waals surface area contributed by atoms with E-state index in [0.717, 1.165) is 0 Å². The van der Waals surface area contributed by atoms with Gasteiger partial charge >= 0.3 is 5.97 Å². The van der Waals surface area contributed by atoms with E-state index in [1.807, 2.05) is 0 Å². The zero-order valence-corrected chi connectivity index (χ0v) is 6.52. The third-order valence-electron chi connectivity index (χ3n) is 1.74. The smallest absolute Gasteiger partial charge is 0.377 e. The predicted molar refractivity (Wildman–Crippen MR) is 38.4 cm³/mol. The van der Waals surface area contributed by atoms with E-state index in [1.165, 1.54) is 0 Å². The van der Waals surface area contributed by atoms with Gasteiger partial charge in [-0.05, 0) is 0 Å². The molecule has 0 saturated carbocycles. The van der Waals surface area contributed by atoms with Crippen LogP contribution in [0.1, 0.15) is 6.92 Å². The van der Waals surface area contributed by atoms with Gasteiger partial charge in [0.1, 0.15) is 0 Å². The first kappa shape index (κ1) is 8.86. The highest BCUT2D eigenvalue weighted by atomic mass is 16.6. The van der Waals surface area contributed by atoms with Gasteiger partial charge in [-0.15, -0.1) is 0 Å². The Labute approximate surface area is 68.9 Å². The third-order valence-corrected chi connectivity index (χ3v) is 1.74. The molecule has 3 N–H and O–H groups in total. The molecule has 0 aromatic carbocycles. The number of esters is 1. The molecule has 0 aromatic rings. The first-order valence-corrected chi connectivity index (χ1v) is 3.51. The van der Waals surface area contributed by atoms with Gasteiger partial charge in [0.15, 0.2) is 11.9 Å². The van der Waals surface area contributed by atoms with Crippen LogP contribution in [-0.4, -0.2) is 34.0 Å². The monoisotopic (exact) mass is 174 g/mol. The molecule has 0 aliphatic carbocycles. The van der Waals surface area contributed by atoms with E-state index in [-0.39, 0.29) is 6.61 Å². The normalized spacial score (nSPS) is 25.8. The highest BCUT2D eigenvalue weighted by Gasteiger charge is 2.37. The Kier molecular flexibility index (Phi) is 2.23. The highest BCUT2D eigenvalue weighted by molar-refractivity contribution is 5.89. The number of aliphatic hydroxyl groups excluding tert-OH is 3. The fourth-order valence-electron chi connectivity index (χ4n) is 0.948. The van der Waals surface area contributed by atoms with Gasteiger partial charge in [-0.3, -0.25) is 0 Å². The van der Waals surface area contributed by atoms with Crippen molar-refractivity contribution in [1.82, 2.24) is 0 Å². The molecule has 0 bridgehead atoms. The second-order valence-electron chi connectivity index (χ2n) is 2.72. The number of rotatable bonds is 2. The van der Waals surface area contributed by atoms with Crippen molar-refractivity contribution in [3.63, 3.8) is 0 Å². The quantitative estimate of drug-likeness (QED) is 0.507. The van der Waals surface area contributed by atoms with Crippen LogP contribution in [0.2, 0.25) is 0 Å². The Hall–Kier alpha value is -1.23. The maximum absolute atomic E-state index is 10.6. The van der Waals surface area contributed by atoms with Crippen LogP contribution in [-0.2, 0) is 9.53 Å². The molecule has 0 unspecified atom stereocenters. The van der Waals surface area contributed by atoms with Crippen molar-refractivity contribution in [2.75, 3.05) is 6.61 Å². The fourth-order valence-corrected chi connectivity index (χ4v) is 0.948. The number of hydrogen-bond donors (Lipinski definition) is 3. The van der Waals surface area contributed by atoms with Gasteiger partial charge < -0.3 is 20.1 Å². The van der Waals surface area contributed by atoms with Crippen LogP contribution in [0.4, 0.5) is 0 Å². The second-order valence-corrected chi connectivity index (χ2v) is 2.72. The zero-order valence-electron chi connectivity index (χ0n) is 6.52. The van der Waals surface area contributed by atoms with Crippen LogP contribution in [0, 0.1) is 5.92 Å². The summed E-state index contributed by atoms with van der Waals surface area (Å²) >= 11 is 0. The van der Waals surface area contributed by atoms with E-state index in [0.29, 0.717) is 0 Å². The van der Waals surface area contributed by atoms with Crippen LogP contribution in [0.15, 0.2) is 11.5 Å². The van der Waals surface area contributed by atoms with Crippen LogP contribution in [0.25, 0.3) is 0 Å². The van der Waals surface area contributed by atoms with E-state index in [4.69, 9.17) is 15.3 Å². The minimum absolute atomic E-state index is 0.227. The largest absolute Gasteiger partial charge is 0.505 e. The summed E-state index contributed by atoms with van der Waals surface area (Å²) in [6.45, 7) is 1.36. The molecule has 0 aromatic heterocycles. The molecule has 1 heterocycles. The van der Waals surface area contributed by atoms with Crippen molar-refractivity contribution in [3.05, 3.63) is 11.5 Å². The third kappa shape index (κ3) is 1.23. The van der Waals surface area contributed by atoms with Crippen LogP contribution >= 0.6 is 0 Å². The van der Waals surface area contributed by atoms with Crippen molar-refractivity contribution < 1.29 is 24.9 Å². The average Bonchev–Trinajstić information content (AvgIpc) is 2.32. The van der Waals surface area contributed by atoms with Gasteiger partial charge in [-0.1, -0.05) is 6.92 Å². The average molecular weight is 174 g/mol. The number of hydrogen-bond acceptors (Lipinski definition) is 5. The lowest BCUT2D eigenvalue weighted by Crippen LogP contribution is -2.23. The maximum Gasteiger partial charge on any atom is 0.377 e. The molecule has 12 heavy (non-hydrogen) atoms. The summed E-state index contributed by atoms with van der Waals surface area (Å²) in [6.07, 6.45) is -0.914. The minimum atomic E-state index is -0.946. The fraction of sp³-hybridized carbons (Fsp3) is 0.571. The Morgan fingerprint density at radius 2 is 2.17 bits per heavy atom. The summed E-state index contributed by atoms with van der Waals surface area (Å²) in [4.78, 5) is 10.6. The number of ether oxygens (including phenoxy) is 1. The predicted octanol–water partition coefficient (Wildman–Crippen LogP) is -0.132. The van der Waals surface area contributed by atoms with Gasteiger partial charge in [-0.25, -0.2) is 4.79 Å². The number of cyclic esters (lactones) is 1. The molecule has 68 valence electrons. The summed E-state index contributed by atoms with van der Waals surface area (Å²) in [6, 6.07) is 0. The topological polar surface area (TPSA) is 87.0 Å². The highest BCUT2D eigenvalue weighted by Crippen LogP contribution is 2.24. The molecule has 0 amide bonds. The van der Waals surface area contributed by atoms with Crippen molar-refractivity contribution in [3.8, 4) is 0 Å². The molecule has 1 rings (SSSR count). The molecule has 0 spiro atoms. The summed E-state index contributed by atoms with van der Waals surface area (Å²) in [5.74, 6) is -2.63. The van der Waals surface area contributed by atoms with Crippen LogP contribution in [0.3, 0.4) is 0 Å². The van der Waals surface area contributed by atoms with Gasteiger partial charge in [0.05, 0.1) is 0 Å². The molecule has 2 atom stereocenters. The first-order valence-electron chi connectivity index (χ1n) is 3.51. The zero-order chi connectivity index (χ0) is 9.30. The van der Waals surface area contributed by atoms with E-state index < -0.39 is 29.5 Å². The SMILES string of the molecule is C[C@H](CO)[C@H]1OC(=O)C(O)=C1O. The Bertz CT molecular complexity index is 232. The van der Waals surface area contributed by atoms with Gasteiger partial charge in [-0.2, -0.15) is 0 Å². The molecule has 1 aliphatic heterocycles. The van der Waals surface area contributed by atoms with Gasteiger partial charge in [0.25, 0.3) is 0 Å². The lowest BCUT2D eigenvalue weighted by molar-refractivity contribution is -0.144. The van der Waals surface area contributed by atoms with Crippen LogP contribution < -0.4 is 0 Å². The minimum Gasteiger partial charge on any atom is -0.505 e. The van der Waals surface area contributed by atoms with Crippen molar-refractivity contribution in [2.45, 2.75) is 13.0 Å². The molecule has 0 fully saturated rings. The van der Waals surface area contributed by atoms with Crippen molar-refractivity contribution in [2.24, 2.45) is 5.92 Å². The molecule has 0 saturated heterocycles. The molecule has 1 aliphatic rings. The van der Waals surface area contributed by atoms with E-state index in [2.05, 4.69) is 4.74 Å². The summed E-state index contributed by atoms with van der Waals surface area (Å²) < 4.78 is 4.57.